The maximum atomic E-state index is 2.24. The summed E-state index contributed by atoms with van der Waals surface area (Å²) in [5.74, 6) is 0. The summed E-state index contributed by atoms with van der Waals surface area (Å²) in [7, 11) is 0. The van der Waals surface area contributed by atoms with E-state index in [4.69, 9.17) is 0 Å². The Morgan fingerprint density at radius 2 is 2.00 bits per heavy atom. The molecule has 0 spiro atoms. The number of unbranched alkanes of at least 4 members (excludes halogenated alkanes) is 1. The molecule has 2 heteroatoms. The van der Waals surface area contributed by atoms with Crippen molar-refractivity contribution in [3.63, 3.8) is 0 Å². The van der Waals surface area contributed by atoms with Gasteiger partial charge in [-0.2, -0.15) is 0 Å². The van der Waals surface area contributed by atoms with Crippen LogP contribution < -0.4 is 0 Å². The Hall–Kier alpha value is 1.70. The average molecular weight is 110 g/mol. The molecular formula is C4H12BK. The summed E-state index contributed by atoms with van der Waals surface area (Å²) in [5.41, 5.74) is 0. The first-order valence-corrected chi connectivity index (χ1v) is 4.62. The van der Waals surface area contributed by atoms with Gasteiger partial charge in [-0.05, 0) is 0 Å². The SMILES string of the molecule is B.CCC[CH2][K]. The molecule has 0 saturated carbocycles. The first kappa shape index (κ1) is 10.6. The molecule has 0 nitrogen and oxygen atoms in total. The number of hydrogen-bond donors (Lipinski definition) is 0. The fourth-order valence-corrected chi connectivity index (χ4v) is 1.46. The molecule has 32 valence electrons. The molecule has 0 heterocycles. The number of rotatable bonds is 2. The van der Waals surface area contributed by atoms with Crippen LogP contribution in [0.25, 0.3) is 0 Å². The van der Waals surface area contributed by atoms with Gasteiger partial charge < -0.3 is 0 Å². The molecule has 0 amide bonds. The van der Waals surface area contributed by atoms with E-state index in [9.17, 15) is 0 Å². The van der Waals surface area contributed by atoms with Gasteiger partial charge in [0.2, 0.25) is 0 Å². The van der Waals surface area contributed by atoms with Gasteiger partial charge in [0, 0.05) is 0 Å². The number of hydrogen-bond acceptors (Lipinski definition) is 0. The zero-order valence-electron chi connectivity index (χ0n) is 4.12. The molecule has 0 aromatic heterocycles. The molecule has 0 unspecified atom stereocenters. The van der Waals surface area contributed by atoms with Crippen LogP contribution >= 0.6 is 0 Å². The van der Waals surface area contributed by atoms with E-state index in [2.05, 4.69) is 6.92 Å². The van der Waals surface area contributed by atoms with Gasteiger partial charge in [0.15, 0.2) is 0 Å². The van der Waals surface area contributed by atoms with Crippen molar-refractivity contribution < 1.29 is 0 Å². The summed E-state index contributed by atoms with van der Waals surface area (Å²) in [6.07, 6.45) is 2.86. The third kappa shape index (κ3) is 9.20. The van der Waals surface area contributed by atoms with Crippen molar-refractivity contribution in [2.45, 2.75) is 20.3 Å². The molecule has 0 N–H and O–H groups in total. The third-order valence-corrected chi connectivity index (χ3v) is 1.81. The topological polar surface area (TPSA) is 0 Å². The van der Waals surface area contributed by atoms with E-state index < -0.39 is 0 Å². The Kier molecular flexibility index (Phi) is 17.5. The molecule has 0 saturated heterocycles. The Balaban J connectivity index is 0. The quantitative estimate of drug-likeness (QED) is 0.445. The van der Waals surface area contributed by atoms with Gasteiger partial charge in [-0.25, -0.2) is 0 Å². The van der Waals surface area contributed by atoms with E-state index in [1.54, 1.807) is 0 Å². The Morgan fingerprint density at radius 1 is 1.50 bits per heavy atom. The summed E-state index contributed by atoms with van der Waals surface area (Å²) in [5, 5.41) is 0. The molecule has 0 aliphatic carbocycles. The van der Waals surface area contributed by atoms with E-state index in [1.165, 1.54) is 13.4 Å². The zero-order valence-corrected chi connectivity index (χ0v) is 7.24. The van der Waals surface area contributed by atoms with E-state index in [0.29, 0.717) is 0 Å². The van der Waals surface area contributed by atoms with E-state index in [-0.39, 0.29) is 8.41 Å². The summed E-state index contributed by atoms with van der Waals surface area (Å²) in [4.78, 5) is 0. The second-order valence-corrected chi connectivity index (χ2v) is 2.92. The van der Waals surface area contributed by atoms with Crippen molar-refractivity contribution in [3.8, 4) is 0 Å². The molecule has 0 rings (SSSR count). The van der Waals surface area contributed by atoms with Crippen molar-refractivity contribution in [1.82, 2.24) is 0 Å². The molecule has 6 heavy (non-hydrogen) atoms. The van der Waals surface area contributed by atoms with Crippen LogP contribution in [-0.2, 0) is 0 Å². The average Bonchev–Trinajstić information content (AvgIpc) is 1.41. The molecule has 0 radical (unpaired) electrons. The van der Waals surface area contributed by atoms with E-state index in [1.807, 2.05) is 0 Å². The second kappa shape index (κ2) is 9.86. The fourth-order valence-electron chi connectivity index (χ4n) is 0.354. The van der Waals surface area contributed by atoms with Crippen LogP contribution in [0.3, 0.4) is 0 Å². The molecule has 0 aromatic rings. The predicted molar refractivity (Wildman–Crippen MR) is 35.4 cm³/mol. The van der Waals surface area contributed by atoms with Crippen molar-refractivity contribution in [2.24, 2.45) is 0 Å². The van der Waals surface area contributed by atoms with Gasteiger partial charge in [-0.15, -0.1) is 0 Å². The maximum absolute atomic E-state index is 2.24. The fraction of sp³-hybridized carbons (Fsp3) is 1.00. The standard InChI is InChI=1S/C4H9.BH3.K/c1-3-4-2;;/h1,3-4H2,2H3;1H3;. The van der Waals surface area contributed by atoms with Crippen molar-refractivity contribution in [3.05, 3.63) is 0 Å². The summed E-state index contributed by atoms with van der Waals surface area (Å²) >= 11 is 1.11. The van der Waals surface area contributed by atoms with Crippen molar-refractivity contribution in [1.29, 1.82) is 0 Å². The van der Waals surface area contributed by atoms with Crippen LogP contribution in [-0.4, -0.2) is 57.4 Å². The monoisotopic (exact) mass is 110 g/mol. The normalized spacial score (nSPS) is 7.17. The molecule has 0 aliphatic heterocycles. The van der Waals surface area contributed by atoms with Gasteiger partial charge in [0.1, 0.15) is 0 Å². The van der Waals surface area contributed by atoms with Gasteiger partial charge in [-0.1, -0.05) is 0 Å². The first-order chi connectivity index (χ1) is 2.41. The summed E-state index contributed by atoms with van der Waals surface area (Å²) in [6.45, 7) is 2.24. The predicted octanol–water partition coefficient (Wildman–Crippen LogP) is 0.189. The molecular weight excluding hydrogens is 98.0 g/mol. The zero-order chi connectivity index (χ0) is 4.12. The molecule has 0 aromatic carbocycles. The van der Waals surface area contributed by atoms with Crippen LogP contribution in [0.4, 0.5) is 0 Å². The van der Waals surface area contributed by atoms with Gasteiger partial charge >= 0.3 is 69.2 Å². The van der Waals surface area contributed by atoms with Gasteiger partial charge in [-0.3, -0.25) is 0 Å². The second-order valence-electron chi connectivity index (χ2n) is 1.35. The Morgan fingerprint density at radius 3 is 2.00 bits per heavy atom. The van der Waals surface area contributed by atoms with Crippen LogP contribution in [0.15, 0.2) is 0 Å². The van der Waals surface area contributed by atoms with Crippen molar-refractivity contribution in [2.75, 3.05) is 0 Å². The minimum absolute atomic E-state index is 0. The minimum atomic E-state index is 0. The first-order valence-electron chi connectivity index (χ1n) is 2.41. The van der Waals surface area contributed by atoms with Crippen molar-refractivity contribution >= 4 is 57.4 Å². The van der Waals surface area contributed by atoms with Gasteiger partial charge in [0.25, 0.3) is 0 Å². The van der Waals surface area contributed by atoms with Crippen LogP contribution in [0, 0.1) is 0 Å². The van der Waals surface area contributed by atoms with E-state index >= 15 is 0 Å². The molecule has 0 bridgehead atoms. The van der Waals surface area contributed by atoms with Crippen LogP contribution in [0.5, 0.6) is 0 Å². The third-order valence-electron chi connectivity index (χ3n) is 0.707. The summed E-state index contributed by atoms with van der Waals surface area (Å²) < 4.78 is 1.53. The Labute approximate surface area is 76.2 Å². The van der Waals surface area contributed by atoms with Crippen LogP contribution in [0.2, 0.25) is 0.515 Å². The van der Waals surface area contributed by atoms with E-state index in [0.717, 1.165) is 49.0 Å². The molecule has 0 fully saturated rings. The van der Waals surface area contributed by atoms with Crippen LogP contribution in [0.1, 0.15) is 19.8 Å². The molecule has 0 aliphatic rings. The Bertz CT molecular complexity index is 15.0. The summed E-state index contributed by atoms with van der Waals surface area (Å²) in [6, 6.07) is 0. The molecule has 0 atom stereocenters. The van der Waals surface area contributed by atoms with Gasteiger partial charge in [0.05, 0.1) is 8.41 Å².